The molecule has 0 aliphatic carbocycles. The molecule has 3 aromatic rings. The molecule has 1 aromatic carbocycles. The van der Waals surface area contributed by atoms with Crippen molar-refractivity contribution in [3.8, 4) is 11.3 Å². The Morgan fingerprint density at radius 1 is 1.31 bits per heavy atom. The first kappa shape index (κ1) is 19.6. The molecule has 3 N–H and O–H groups in total. The van der Waals surface area contributed by atoms with E-state index in [1.807, 2.05) is 36.7 Å². The highest BCUT2D eigenvalue weighted by molar-refractivity contribution is 7.99. The number of rotatable bonds is 9. The van der Waals surface area contributed by atoms with E-state index in [1.54, 1.807) is 17.8 Å². The van der Waals surface area contributed by atoms with Gasteiger partial charge in [0.25, 0.3) is 0 Å². The van der Waals surface area contributed by atoms with Gasteiger partial charge in [0.05, 0.1) is 18.5 Å². The lowest BCUT2D eigenvalue weighted by Gasteiger charge is -2.09. The third-order valence-electron chi connectivity index (χ3n) is 4.33. The number of hydrogen-bond donors (Lipinski definition) is 3. The van der Waals surface area contributed by atoms with Crippen molar-refractivity contribution in [1.82, 2.24) is 25.4 Å². The van der Waals surface area contributed by atoms with Gasteiger partial charge in [-0.25, -0.2) is 24.8 Å². The number of methoxy groups -OCH3 is 1. The predicted molar refractivity (Wildman–Crippen MR) is 115 cm³/mol. The zero-order valence-electron chi connectivity index (χ0n) is 16.3. The topological polar surface area (TPSA) is 97.1 Å². The Balaban J connectivity index is 1.60. The van der Waals surface area contributed by atoms with Crippen LogP contribution in [0.4, 0.5) is 5.69 Å². The van der Waals surface area contributed by atoms with Crippen LogP contribution in [-0.4, -0.2) is 59.7 Å². The lowest BCUT2D eigenvalue weighted by molar-refractivity contribution is 0.0379. The van der Waals surface area contributed by atoms with Gasteiger partial charge in [-0.05, 0) is 30.3 Å². The Labute approximate surface area is 173 Å². The second-order valence-corrected chi connectivity index (χ2v) is 7.02. The van der Waals surface area contributed by atoms with E-state index in [-0.39, 0.29) is 6.23 Å². The summed E-state index contributed by atoms with van der Waals surface area (Å²) in [4.78, 5) is 14.9. The van der Waals surface area contributed by atoms with Crippen molar-refractivity contribution in [3.05, 3.63) is 48.3 Å². The van der Waals surface area contributed by atoms with Gasteiger partial charge in [-0.2, -0.15) is 5.10 Å². The zero-order chi connectivity index (χ0) is 20.1. The number of amidine groups is 1. The minimum absolute atomic E-state index is 0.290. The van der Waals surface area contributed by atoms with Gasteiger partial charge in [0, 0.05) is 49.5 Å². The highest BCUT2D eigenvalue weighted by atomic mass is 32.2. The Hall–Kier alpha value is -2.66. The van der Waals surface area contributed by atoms with Crippen LogP contribution >= 0.6 is 11.9 Å². The Morgan fingerprint density at radius 3 is 3.03 bits per heavy atom. The highest BCUT2D eigenvalue weighted by Gasteiger charge is 2.20. The average molecular weight is 414 g/mol. The maximum Gasteiger partial charge on any atom is 0.189 e. The number of nitrogens with one attached hydrogen (secondary N) is 3. The maximum atomic E-state index is 5.58. The summed E-state index contributed by atoms with van der Waals surface area (Å²) in [6.45, 7) is 2.00. The quantitative estimate of drug-likeness (QED) is 0.362. The third kappa shape index (κ3) is 4.67. The fourth-order valence-corrected chi connectivity index (χ4v) is 3.35. The molecule has 4 rings (SSSR count). The van der Waals surface area contributed by atoms with E-state index < -0.39 is 0 Å². The Morgan fingerprint density at radius 2 is 2.21 bits per heavy atom. The third-order valence-corrected chi connectivity index (χ3v) is 4.77. The van der Waals surface area contributed by atoms with E-state index in [0.29, 0.717) is 19.0 Å². The number of nitrogens with zero attached hydrogens (tertiary/aromatic N) is 4. The molecule has 1 aliphatic heterocycles. The number of aromatic nitrogens is 3. The van der Waals surface area contributed by atoms with Crippen molar-refractivity contribution in [2.45, 2.75) is 6.23 Å². The van der Waals surface area contributed by atoms with Crippen LogP contribution in [-0.2, 0) is 9.57 Å². The van der Waals surface area contributed by atoms with E-state index in [1.165, 1.54) is 11.9 Å². The highest BCUT2D eigenvalue weighted by Crippen LogP contribution is 2.26. The van der Waals surface area contributed by atoms with Crippen LogP contribution in [0.2, 0.25) is 0 Å². The summed E-state index contributed by atoms with van der Waals surface area (Å²) < 4.78 is 10.1. The molecule has 1 unspecified atom stereocenters. The van der Waals surface area contributed by atoms with Crippen molar-refractivity contribution in [3.63, 3.8) is 0 Å². The van der Waals surface area contributed by atoms with E-state index >= 15 is 0 Å². The second kappa shape index (κ2) is 9.23. The first-order chi connectivity index (χ1) is 14.3. The molecule has 152 valence electrons. The molecular formula is C19H23N7O2S. The molecule has 1 atom stereocenters. The summed E-state index contributed by atoms with van der Waals surface area (Å²) in [5.74, 6) is 0.691. The molecule has 0 saturated heterocycles. The number of anilines is 1. The minimum Gasteiger partial charge on any atom is -0.383 e. The molecule has 0 amide bonds. The monoisotopic (exact) mass is 413 g/mol. The van der Waals surface area contributed by atoms with Crippen LogP contribution in [0.1, 0.15) is 5.56 Å². The molecule has 9 nitrogen and oxygen atoms in total. The summed E-state index contributed by atoms with van der Waals surface area (Å²) in [5.41, 5.74) is 7.43. The molecule has 0 saturated carbocycles. The van der Waals surface area contributed by atoms with Crippen molar-refractivity contribution >= 4 is 29.1 Å². The van der Waals surface area contributed by atoms with Gasteiger partial charge in [-0.1, -0.05) is 11.9 Å². The number of hydrogen-bond acceptors (Lipinski definition) is 9. The normalized spacial score (nSPS) is 16.1. The van der Waals surface area contributed by atoms with E-state index in [2.05, 4.69) is 36.7 Å². The summed E-state index contributed by atoms with van der Waals surface area (Å²) >= 11 is 1.53. The van der Waals surface area contributed by atoms with Crippen LogP contribution in [0.25, 0.3) is 16.9 Å². The van der Waals surface area contributed by atoms with Gasteiger partial charge in [-0.3, -0.25) is 0 Å². The van der Waals surface area contributed by atoms with Gasteiger partial charge in [-0.15, -0.1) is 0 Å². The fourth-order valence-electron chi connectivity index (χ4n) is 3.00. The molecule has 1 aliphatic rings. The molecule has 0 spiro atoms. The van der Waals surface area contributed by atoms with Crippen LogP contribution in [0.5, 0.6) is 0 Å². The first-order valence-electron chi connectivity index (χ1n) is 9.21. The fraction of sp³-hybridized carbons (Fsp3) is 0.316. The lowest BCUT2D eigenvalue weighted by atomic mass is 10.1. The van der Waals surface area contributed by atoms with Crippen molar-refractivity contribution in [1.29, 1.82) is 0 Å². The van der Waals surface area contributed by atoms with Crippen LogP contribution in [0.3, 0.4) is 0 Å². The molecule has 29 heavy (non-hydrogen) atoms. The first-order valence-corrected chi connectivity index (χ1v) is 10.4. The summed E-state index contributed by atoms with van der Waals surface area (Å²) in [6, 6.07) is 9.94. The lowest BCUT2D eigenvalue weighted by Crippen LogP contribution is -2.30. The number of hydroxylamine groups is 1. The van der Waals surface area contributed by atoms with Crippen LogP contribution in [0.15, 0.2) is 47.7 Å². The minimum atomic E-state index is -0.290. The van der Waals surface area contributed by atoms with Gasteiger partial charge >= 0.3 is 0 Å². The SMILES string of the molecule is COCCNCC1N=C(c2cc(NSC)cc(-c3cn4ncccc4n3)c2)NO1. The predicted octanol–water partition coefficient (Wildman–Crippen LogP) is 1.93. The summed E-state index contributed by atoms with van der Waals surface area (Å²) in [6.07, 6.45) is 5.35. The Bertz CT molecular complexity index is 974. The van der Waals surface area contributed by atoms with Crippen LogP contribution in [0, 0.1) is 0 Å². The number of imidazole rings is 1. The molecule has 0 bridgehead atoms. The summed E-state index contributed by atoms with van der Waals surface area (Å²) in [7, 11) is 1.68. The van der Waals surface area contributed by atoms with Crippen LogP contribution < -0.4 is 15.5 Å². The van der Waals surface area contributed by atoms with Gasteiger partial charge in [0.2, 0.25) is 0 Å². The van der Waals surface area contributed by atoms with Gasteiger partial charge in [0.1, 0.15) is 0 Å². The zero-order valence-corrected chi connectivity index (χ0v) is 17.1. The summed E-state index contributed by atoms with van der Waals surface area (Å²) in [5, 5.41) is 7.55. The maximum absolute atomic E-state index is 5.58. The standard InChI is InChI=1S/C19H23N7O2S/c1-27-7-6-20-11-18-23-19(24-28-18)14-8-13(9-15(10-14)25-29-2)16-12-26-17(22-16)4-3-5-21-26/h3-5,8-10,12,18,20,25H,6-7,11H2,1-2H3,(H,23,24). The van der Waals surface area contributed by atoms with Gasteiger partial charge in [0.15, 0.2) is 17.7 Å². The van der Waals surface area contributed by atoms with Crippen molar-refractivity contribution in [2.75, 3.05) is 37.8 Å². The van der Waals surface area contributed by atoms with Crippen molar-refractivity contribution in [2.24, 2.45) is 4.99 Å². The Kier molecular flexibility index (Phi) is 6.25. The number of aliphatic imine (C=N–C) groups is 1. The van der Waals surface area contributed by atoms with E-state index in [4.69, 9.17) is 9.57 Å². The largest absolute Gasteiger partial charge is 0.383 e. The average Bonchev–Trinajstić information content (AvgIpc) is 3.38. The number of benzene rings is 1. The number of ether oxygens (including phenoxy) is 1. The second-order valence-electron chi connectivity index (χ2n) is 6.41. The smallest absolute Gasteiger partial charge is 0.189 e. The molecule has 3 heterocycles. The number of fused-ring (bicyclic) bond motifs is 1. The van der Waals surface area contributed by atoms with E-state index in [0.717, 1.165) is 34.7 Å². The molecule has 0 radical (unpaired) electrons. The molecule has 0 fully saturated rings. The van der Waals surface area contributed by atoms with Gasteiger partial charge < -0.3 is 14.8 Å². The molecular weight excluding hydrogens is 390 g/mol. The van der Waals surface area contributed by atoms with Crippen molar-refractivity contribution < 1.29 is 9.57 Å². The molecule has 2 aromatic heterocycles. The van der Waals surface area contributed by atoms with E-state index in [9.17, 15) is 0 Å². The molecule has 10 heteroatoms.